The quantitative estimate of drug-likeness (QED) is 0.378. The number of aromatic nitrogens is 2. The van der Waals surface area contributed by atoms with E-state index in [9.17, 15) is 14.9 Å². The molecule has 0 aliphatic rings. The van der Waals surface area contributed by atoms with Gasteiger partial charge in [-0.05, 0) is 30.3 Å². The van der Waals surface area contributed by atoms with Crippen molar-refractivity contribution in [3.63, 3.8) is 0 Å². The number of azo groups is 1. The lowest BCUT2D eigenvalue weighted by atomic mass is 10.1. The molecule has 0 unspecified atom stereocenters. The van der Waals surface area contributed by atoms with E-state index in [2.05, 4.69) is 20.4 Å². The van der Waals surface area contributed by atoms with Crippen molar-refractivity contribution in [3.8, 4) is 11.3 Å². The van der Waals surface area contributed by atoms with Crippen LogP contribution in [0.3, 0.4) is 0 Å². The van der Waals surface area contributed by atoms with E-state index in [0.29, 0.717) is 27.0 Å². The Morgan fingerprint density at radius 1 is 0.960 bits per heavy atom. The smallest absolute Gasteiger partial charge is 0.292 e. The zero-order valence-electron chi connectivity index (χ0n) is 12.4. The van der Waals surface area contributed by atoms with Crippen molar-refractivity contribution < 1.29 is 4.92 Å². The molecule has 10 heteroatoms. The summed E-state index contributed by atoms with van der Waals surface area (Å²) in [5, 5.41) is 24.5. The second-order valence-corrected chi connectivity index (χ2v) is 5.72. The highest BCUT2D eigenvalue weighted by molar-refractivity contribution is 6.42. The molecule has 25 heavy (non-hydrogen) atoms. The van der Waals surface area contributed by atoms with Gasteiger partial charge in [-0.25, -0.2) is 0 Å². The number of H-pyrrole nitrogens is 2. The topological polar surface area (TPSA) is 117 Å². The molecule has 0 fully saturated rings. The third-order valence-electron chi connectivity index (χ3n) is 3.29. The third-order valence-corrected chi connectivity index (χ3v) is 4.03. The van der Waals surface area contributed by atoms with Gasteiger partial charge < -0.3 is 0 Å². The number of nitrogens with zero attached hydrogens (tertiary/aromatic N) is 3. The van der Waals surface area contributed by atoms with Gasteiger partial charge >= 0.3 is 0 Å². The highest BCUT2D eigenvalue weighted by Crippen LogP contribution is 2.30. The van der Waals surface area contributed by atoms with Crippen LogP contribution in [0.1, 0.15) is 0 Å². The van der Waals surface area contributed by atoms with E-state index in [1.54, 1.807) is 12.1 Å². The summed E-state index contributed by atoms with van der Waals surface area (Å²) >= 11 is 11.7. The monoisotopic (exact) mass is 377 g/mol. The molecular formula is C15H9Cl2N5O3. The number of benzene rings is 2. The Morgan fingerprint density at radius 3 is 2.32 bits per heavy atom. The van der Waals surface area contributed by atoms with Crippen molar-refractivity contribution in [2.24, 2.45) is 10.2 Å². The molecule has 0 amide bonds. The van der Waals surface area contributed by atoms with Crippen LogP contribution < -0.4 is 5.56 Å². The molecule has 126 valence electrons. The SMILES string of the molecule is O=c1[nH][nH]c(-c2ccc([N+](=O)[O-])cc2)c1N=Nc1ccc(Cl)c(Cl)c1. The number of aromatic amines is 2. The molecule has 0 aliphatic heterocycles. The Bertz CT molecular complexity index is 1020. The molecule has 8 nitrogen and oxygen atoms in total. The van der Waals surface area contributed by atoms with Gasteiger partial charge in [0.2, 0.25) is 0 Å². The van der Waals surface area contributed by atoms with Gasteiger partial charge in [-0.3, -0.25) is 25.1 Å². The summed E-state index contributed by atoms with van der Waals surface area (Å²) in [5.74, 6) is 0. The van der Waals surface area contributed by atoms with Crippen LogP contribution >= 0.6 is 23.2 Å². The number of nitro benzene ring substituents is 1. The lowest BCUT2D eigenvalue weighted by molar-refractivity contribution is -0.384. The molecule has 0 atom stereocenters. The van der Waals surface area contributed by atoms with Crippen molar-refractivity contribution in [1.82, 2.24) is 10.2 Å². The number of nitro groups is 1. The fraction of sp³-hybridized carbons (Fsp3) is 0. The molecule has 3 rings (SSSR count). The number of non-ortho nitro benzene ring substituents is 1. The first-order valence-electron chi connectivity index (χ1n) is 6.88. The first-order chi connectivity index (χ1) is 12.0. The molecule has 0 saturated heterocycles. The Kier molecular flexibility index (Phi) is 4.64. The van der Waals surface area contributed by atoms with Crippen molar-refractivity contribution in [2.75, 3.05) is 0 Å². The van der Waals surface area contributed by atoms with E-state index >= 15 is 0 Å². The third kappa shape index (κ3) is 3.59. The first kappa shape index (κ1) is 16.9. The van der Waals surface area contributed by atoms with Crippen molar-refractivity contribution in [2.45, 2.75) is 0 Å². The standard InChI is InChI=1S/C15H9Cl2N5O3/c16-11-6-3-9(7-12(11)17)18-20-14-13(19-21-15(14)23)8-1-4-10(5-2-8)22(24)25/h1-7H,(H2,19,21,23). The molecule has 0 aliphatic carbocycles. The van der Waals surface area contributed by atoms with Crippen LogP contribution in [-0.4, -0.2) is 15.1 Å². The minimum absolute atomic E-state index is 0.0416. The van der Waals surface area contributed by atoms with Crippen LogP contribution in [0.25, 0.3) is 11.3 Å². The fourth-order valence-corrected chi connectivity index (χ4v) is 2.35. The van der Waals surface area contributed by atoms with Crippen LogP contribution in [0.15, 0.2) is 57.5 Å². The van der Waals surface area contributed by atoms with Gasteiger partial charge in [0.15, 0.2) is 5.69 Å². The molecule has 0 radical (unpaired) electrons. The second-order valence-electron chi connectivity index (χ2n) is 4.91. The molecule has 2 aromatic carbocycles. The van der Waals surface area contributed by atoms with Gasteiger partial charge in [0, 0.05) is 17.7 Å². The molecule has 3 aromatic rings. The summed E-state index contributed by atoms with van der Waals surface area (Å²) in [4.78, 5) is 22.1. The van der Waals surface area contributed by atoms with Crippen LogP contribution in [-0.2, 0) is 0 Å². The Balaban J connectivity index is 1.96. The summed E-state index contributed by atoms with van der Waals surface area (Å²) in [5.41, 5.74) is 0.845. The highest BCUT2D eigenvalue weighted by atomic mass is 35.5. The Labute approximate surface area is 150 Å². The lowest BCUT2D eigenvalue weighted by Crippen LogP contribution is -1.96. The van der Waals surface area contributed by atoms with Crippen LogP contribution in [0.5, 0.6) is 0 Å². The largest absolute Gasteiger partial charge is 0.295 e. The summed E-state index contributed by atoms with van der Waals surface area (Å²) in [6, 6.07) is 10.4. The van der Waals surface area contributed by atoms with Crippen LogP contribution in [0.4, 0.5) is 17.1 Å². The molecule has 0 bridgehead atoms. The Morgan fingerprint density at radius 2 is 1.68 bits per heavy atom. The zero-order chi connectivity index (χ0) is 18.0. The average Bonchev–Trinajstić information content (AvgIpc) is 2.97. The van der Waals surface area contributed by atoms with E-state index in [0.717, 1.165) is 0 Å². The summed E-state index contributed by atoms with van der Waals surface area (Å²) in [6.07, 6.45) is 0. The number of nitrogens with one attached hydrogen (secondary N) is 2. The van der Waals surface area contributed by atoms with Gasteiger partial charge in [0.05, 0.1) is 26.3 Å². The normalized spacial score (nSPS) is 11.1. The van der Waals surface area contributed by atoms with E-state index in [1.165, 1.54) is 30.3 Å². The fourth-order valence-electron chi connectivity index (χ4n) is 2.06. The lowest BCUT2D eigenvalue weighted by Gasteiger charge is -1.99. The van der Waals surface area contributed by atoms with E-state index in [1.807, 2.05) is 0 Å². The van der Waals surface area contributed by atoms with Gasteiger partial charge in [-0.2, -0.15) is 5.11 Å². The molecule has 0 spiro atoms. The predicted octanol–water partition coefficient (Wildman–Crippen LogP) is 5.00. The molecular weight excluding hydrogens is 369 g/mol. The van der Waals surface area contributed by atoms with Crippen molar-refractivity contribution in [3.05, 3.63) is 73.0 Å². The van der Waals surface area contributed by atoms with Crippen LogP contribution in [0.2, 0.25) is 10.0 Å². The summed E-state index contributed by atoms with van der Waals surface area (Å²) in [7, 11) is 0. The number of hydrogen-bond donors (Lipinski definition) is 2. The van der Waals surface area contributed by atoms with Gasteiger partial charge in [-0.1, -0.05) is 23.2 Å². The van der Waals surface area contributed by atoms with E-state index < -0.39 is 10.5 Å². The Hall–Kier alpha value is -2.97. The van der Waals surface area contributed by atoms with Gasteiger partial charge in [-0.15, -0.1) is 5.11 Å². The molecule has 0 saturated carbocycles. The number of hydrogen-bond acceptors (Lipinski definition) is 5. The highest BCUT2D eigenvalue weighted by Gasteiger charge is 2.13. The van der Waals surface area contributed by atoms with Crippen molar-refractivity contribution in [1.29, 1.82) is 0 Å². The van der Waals surface area contributed by atoms with Crippen molar-refractivity contribution >= 4 is 40.3 Å². The average molecular weight is 378 g/mol. The first-order valence-corrected chi connectivity index (χ1v) is 7.63. The van der Waals surface area contributed by atoms with E-state index in [-0.39, 0.29) is 11.4 Å². The maximum atomic E-state index is 11.9. The maximum absolute atomic E-state index is 11.9. The van der Waals surface area contributed by atoms with Gasteiger partial charge in [0.1, 0.15) is 0 Å². The number of rotatable bonds is 4. The minimum Gasteiger partial charge on any atom is -0.295 e. The van der Waals surface area contributed by atoms with E-state index in [4.69, 9.17) is 23.2 Å². The molecule has 1 heterocycles. The minimum atomic E-state index is -0.505. The second kappa shape index (κ2) is 6.88. The predicted molar refractivity (Wildman–Crippen MR) is 94.1 cm³/mol. The summed E-state index contributed by atoms with van der Waals surface area (Å²) in [6.45, 7) is 0. The molecule has 2 N–H and O–H groups in total. The number of halogens is 2. The molecule has 1 aromatic heterocycles. The summed E-state index contributed by atoms with van der Waals surface area (Å²) < 4.78 is 0. The van der Waals surface area contributed by atoms with Crippen LogP contribution in [0, 0.1) is 10.1 Å². The maximum Gasteiger partial charge on any atom is 0.292 e. The zero-order valence-corrected chi connectivity index (χ0v) is 13.9. The van der Waals surface area contributed by atoms with Gasteiger partial charge in [0.25, 0.3) is 11.2 Å².